The van der Waals surface area contributed by atoms with Gasteiger partial charge in [-0.05, 0) is 111 Å². The van der Waals surface area contributed by atoms with E-state index in [0.29, 0.717) is 38.5 Å². The van der Waals surface area contributed by atoms with Crippen molar-refractivity contribution in [3.8, 4) is 0 Å². The zero-order valence-electron chi connectivity index (χ0n) is 44.4. The third-order valence-corrected chi connectivity index (χ3v) is 21.4. The summed E-state index contributed by atoms with van der Waals surface area (Å²) in [7, 11) is 0. The Morgan fingerprint density at radius 3 is 1.81 bits per heavy atom. The van der Waals surface area contributed by atoms with E-state index < -0.39 is 170 Å². The molecule has 4 heterocycles. The maximum absolute atomic E-state index is 14.8. The maximum Gasteiger partial charge on any atom is 0.315 e. The molecular weight excluding hydrogens is 989 g/mol. The Hall–Kier alpha value is -1.59. The van der Waals surface area contributed by atoms with Crippen LogP contribution in [0.15, 0.2) is 11.6 Å². The summed E-state index contributed by atoms with van der Waals surface area (Å²) in [5.74, 6) is -1.31. The van der Waals surface area contributed by atoms with Crippen LogP contribution in [0.2, 0.25) is 0 Å². The number of aliphatic hydroxyl groups is 13. The second kappa shape index (κ2) is 20.7. The van der Waals surface area contributed by atoms with Crippen LogP contribution in [0.1, 0.15) is 113 Å². The Labute approximate surface area is 437 Å². The molecule has 0 bridgehead atoms. The van der Waals surface area contributed by atoms with Crippen LogP contribution in [-0.2, 0) is 42.7 Å². The van der Waals surface area contributed by atoms with Crippen LogP contribution < -0.4 is 0 Å². The molecule has 0 aromatic rings. The molecule has 13 N–H and O–H groups in total. The highest BCUT2D eigenvalue weighted by Crippen LogP contribution is 2.76. The van der Waals surface area contributed by atoms with Crippen LogP contribution >= 0.6 is 0 Å². The first-order chi connectivity index (χ1) is 35.0. The summed E-state index contributed by atoms with van der Waals surface area (Å²) < 4.78 is 48.8. The van der Waals surface area contributed by atoms with Crippen LogP contribution in [0.3, 0.4) is 0 Å². The molecule has 0 radical (unpaired) electrons. The van der Waals surface area contributed by atoms with Gasteiger partial charge in [0.2, 0.25) is 6.29 Å². The number of fused-ring (bicyclic) bond motifs is 7. The summed E-state index contributed by atoms with van der Waals surface area (Å²) in [5.41, 5.74) is -3.15. The zero-order chi connectivity index (χ0) is 54.9. The lowest BCUT2D eigenvalue weighted by atomic mass is 9.33. The summed E-state index contributed by atoms with van der Waals surface area (Å²) in [6.45, 7) is 14.8. The lowest BCUT2D eigenvalue weighted by molar-refractivity contribution is -0.388. The summed E-state index contributed by atoms with van der Waals surface area (Å²) >= 11 is 0. The van der Waals surface area contributed by atoms with Gasteiger partial charge in [-0.3, -0.25) is 4.79 Å². The van der Waals surface area contributed by atoms with E-state index in [2.05, 4.69) is 40.7 Å². The van der Waals surface area contributed by atoms with Gasteiger partial charge in [-0.1, -0.05) is 53.2 Å². The highest BCUT2D eigenvalue weighted by atomic mass is 16.8. The van der Waals surface area contributed by atoms with E-state index in [4.69, 9.17) is 37.9 Å². The number of carbonyl (C=O) groups is 1. The Morgan fingerprint density at radius 1 is 0.613 bits per heavy atom. The van der Waals surface area contributed by atoms with Gasteiger partial charge in [0.05, 0.1) is 43.0 Å². The lowest BCUT2D eigenvalue weighted by Crippen LogP contribution is -2.68. The molecule has 4 aliphatic heterocycles. The average molecular weight is 1080 g/mol. The number of allylic oxidation sites excluding steroid dienone is 1. The fraction of sp³-hybridized carbons (Fsp3) is 0.943. The zero-order valence-corrected chi connectivity index (χ0v) is 44.4. The van der Waals surface area contributed by atoms with Gasteiger partial charge in [0.1, 0.15) is 85.5 Å². The SMILES string of the molecule is CC1OC(OC2C(OC3CCC4(C)C(CCC5(C)C4CC=C4C6C(C(=O)OC7OC(CO)C(O)C(O)C7O)(CCC(C)C6(C)O)CCC45C)C3(C)C)OCC(O)C2OC2OC(CO)C(O)C(O)C2O)C(O)C(O)C1O. The average Bonchev–Trinajstić information content (AvgIpc) is 3.38. The van der Waals surface area contributed by atoms with Gasteiger partial charge in [-0.25, -0.2) is 0 Å². The molecular formula is C53H86O22. The molecule has 0 spiro atoms. The Kier molecular flexibility index (Phi) is 16.1. The number of rotatable bonds is 10. The highest BCUT2D eigenvalue weighted by molar-refractivity contribution is 5.79. The minimum Gasteiger partial charge on any atom is -0.432 e. The van der Waals surface area contributed by atoms with Crippen LogP contribution in [0.25, 0.3) is 0 Å². The highest BCUT2D eigenvalue weighted by Gasteiger charge is 2.72. The molecule has 0 amide bonds. The van der Waals surface area contributed by atoms with E-state index >= 15 is 0 Å². The van der Waals surface area contributed by atoms with E-state index in [1.54, 1.807) is 6.92 Å². The molecule has 29 atom stereocenters. The second-order valence-corrected chi connectivity index (χ2v) is 25.5. The number of aliphatic hydroxyl groups excluding tert-OH is 12. The largest absolute Gasteiger partial charge is 0.432 e. The van der Waals surface area contributed by atoms with Gasteiger partial charge in [-0.15, -0.1) is 0 Å². The van der Waals surface area contributed by atoms with E-state index in [0.717, 1.165) is 24.8 Å². The predicted octanol–water partition coefficient (Wildman–Crippen LogP) is -1.40. The molecule has 75 heavy (non-hydrogen) atoms. The molecule has 0 aromatic carbocycles. The Bertz CT molecular complexity index is 2070. The molecule has 22 heteroatoms. The van der Waals surface area contributed by atoms with Gasteiger partial charge < -0.3 is 104 Å². The first kappa shape index (κ1) is 58.1. The number of ether oxygens (including phenoxy) is 8. The molecule has 4 saturated carbocycles. The van der Waals surface area contributed by atoms with Gasteiger partial charge in [-0.2, -0.15) is 0 Å². The monoisotopic (exact) mass is 1070 g/mol. The van der Waals surface area contributed by atoms with Crippen molar-refractivity contribution in [2.45, 2.75) is 242 Å². The number of carbonyl (C=O) groups excluding carboxylic acids is 1. The Morgan fingerprint density at radius 2 is 1.19 bits per heavy atom. The molecule has 9 rings (SSSR count). The summed E-state index contributed by atoms with van der Waals surface area (Å²) in [6, 6.07) is 0. The van der Waals surface area contributed by atoms with Crippen molar-refractivity contribution in [2.75, 3.05) is 19.8 Å². The van der Waals surface area contributed by atoms with Crippen molar-refractivity contribution in [2.24, 2.45) is 50.7 Å². The van der Waals surface area contributed by atoms with E-state index in [-0.39, 0.29) is 35.2 Å². The molecule has 0 aromatic heterocycles. The number of esters is 1. The molecule has 5 aliphatic carbocycles. The van der Waals surface area contributed by atoms with E-state index in [1.807, 2.05) is 6.92 Å². The smallest absolute Gasteiger partial charge is 0.315 e. The normalized spacial score (nSPS) is 55.8. The lowest BCUT2D eigenvalue weighted by Gasteiger charge is -2.72. The molecule has 29 unspecified atom stereocenters. The standard InChI is InChI=1S/C53H86O22/c1-22-11-16-53(47(66)75-45-39(65)36(62)33(59)27(20-55)71-45)18-17-50(6)24(42(53)52(22,8)67)9-10-29-49(5)14-13-30(48(3,4)28(49)12-15-51(29,50)7)72-46-41(74-43-37(63)34(60)31(57)23(2)69-43)40(25(56)21-68-46)73-44-38(64)35(61)32(58)26(19-54)70-44/h9,22-23,25-46,54-65,67H,10-21H2,1-8H3. The fourth-order valence-corrected chi connectivity index (χ4v) is 16.4. The third-order valence-electron chi connectivity index (χ3n) is 21.4. The van der Waals surface area contributed by atoms with Crippen molar-refractivity contribution in [3.63, 3.8) is 0 Å². The van der Waals surface area contributed by atoms with Crippen LogP contribution in [0.4, 0.5) is 0 Å². The van der Waals surface area contributed by atoms with Gasteiger partial charge in [0, 0.05) is 5.92 Å². The quantitative estimate of drug-likeness (QED) is 0.0680. The summed E-state index contributed by atoms with van der Waals surface area (Å²) in [5, 5.41) is 140. The van der Waals surface area contributed by atoms with Crippen LogP contribution in [-0.4, -0.2) is 221 Å². The van der Waals surface area contributed by atoms with Crippen molar-refractivity contribution < 1.29 is 109 Å². The fourth-order valence-electron chi connectivity index (χ4n) is 16.4. The number of hydrogen-bond acceptors (Lipinski definition) is 22. The minimum absolute atomic E-state index is 0.0741. The van der Waals surface area contributed by atoms with Crippen molar-refractivity contribution in [3.05, 3.63) is 11.6 Å². The molecule has 430 valence electrons. The molecule has 9 aliphatic rings. The van der Waals surface area contributed by atoms with Gasteiger partial charge in [0.15, 0.2) is 18.9 Å². The predicted molar refractivity (Wildman–Crippen MR) is 257 cm³/mol. The third kappa shape index (κ3) is 9.12. The van der Waals surface area contributed by atoms with E-state index in [9.17, 15) is 71.2 Å². The van der Waals surface area contributed by atoms with Crippen LogP contribution in [0.5, 0.6) is 0 Å². The summed E-state index contributed by atoms with van der Waals surface area (Å²) in [6.07, 6.45) is -22.6. The first-order valence-corrected chi connectivity index (χ1v) is 27.3. The minimum atomic E-state index is -1.84. The number of hydrogen-bond donors (Lipinski definition) is 13. The van der Waals surface area contributed by atoms with E-state index in [1.165, 1.54) is 6.92 Å². The first-order valence-electron chi connectivity index (χ1n) is 27.3. The summed E-state index contributed by atoms with van der Waals surface area (Å²) in [4.78, 5) is 14.8. The molecule has 4 saturated heterocycles. The van der Waals surface area contributed by atoms with Gasteiger partial charge in [0.25, 0.3) is 0 Å². The van der Waals surface area contributed by atoms with Crippen molar-refractivity contribution >= 4 is 5.97 Å². The maximum atomic E-state index is 14.8. The Balaban J connectivity index is 0.986. The van der Waals surface area contributed by atoms with Crippen molar-refractivity contribution in [1.29, 1.82) is 0 Å². The van der Waals surface area contributed by atoms with Gasteiger partial charge >= 0.3 is 5.97 Å². The van der Waals surface area contributed by atoms with Crippen LogP contribution in [0, 0.1) is 50.7 Å². The van der Waals surface area contributed by atoms with Crippen molar-refractivity contribution in [1.82, 2.24) is 0 Å². The molecule has 22 nitrogen and oxygen atoms in total. The molecule has 8 fully saturated rings. The topological polar surface area (TPSA) is 354 Å². The second-order valence-electron chi connectivity index (χ2n) is 25.5.